The number of aromatic nitrogens is 2. The van der Waals surface area contributed by atoms with Crippen LogP contribution < -0.4 is 10.6 Å². The zero-order valence-corrected chi connectivity index (χ0v) is 15.5. The summed E-state index contributed by atoms with van der Waals surface area (Å²) in [4.78, 5) is 20.7. The molecule has 0 fully saturated rings. The molecule has 0 saturated heterocycles. The van der Waals surface area contributed by atoms with E-state index in [2.05, 4.69) is 20.6 Å². The summed E-state index contributed by atoms with van der Waals surface area (Å²) in [7, 11) is 0. The number of carbonyl (C=O) groups excluding carboxylic acids is 1. The number of rotatable bonds is 5. The van der Waals surface area contributed by atoms with Gasteiger partial charge in [-0.3, -0.25) is 4.79 Å². The maximum absolute atomic E-state index is 12.3. The molecule has 5 nitrogen and oxygen atoms in total. The first-order valence-corrected chi connectivity index (χ1v) is 8.65. The molecule has 0 aliphatic rings. The van der Waals surface area contributed by atoms with Gasteiger partial charge < -0.3 is 10.6 Å². The Morgan fingerprint density at radius 3 is 2.58 bits per heavy atom. The van der Waals surface area contributed by atoms with Crippen LogP contribution in [0.1, 0.15) is 21.6 Å². The number of benzene rings is 2. The van der Waals surface area contributed by atoms with Crippen molar-refractivity contribution in [2.24, 2.45) is 0 Å². The number of hydrogen-bond donors (Lipinski definition) is 2. The number of aryl methyl sites for hydroxylation is 1. The highest BCUT2D eigenvalue weighted by Crippen LogP contribution is 2.24. The molecule has 26 heavy (non-hydrogen) atoms. The van der Waals surface area contributed by atoms with Crippen LogP contribution in [0.5, 0.6) is 0 Å². The lowest BCUT2D eigenvalue weighted by Crippen LogP contribution is -2.24. The van der Waals surface area contributed by atoms with Crippen molar-refractivity contribution in [2.45, 2.75) is 13.5 Å². The van der Waals surface area contributed by atoms with Gasteiger partial charge in [0.25, 0.3) is 5.91 Å². The largest absolute Gasteiger partial charge is 0.347 e. The molecule has 1 amide bonds. The molecule has 0 radical (unpaired) electrons. The van der Waals surface area contributed by atoms with Gasteiger partial charge in [0.2, 0.25) is 5.95 Å². The fourth-order valence-electron chi connectivity index (χ4n) is 2.40. The summed E-state index contributed by atoms with van der Waals surface area (Å²) in [5.74, 6) is 0.00706. The number of nitrogens with one attached hydrogen (secondary N) is 2. The van der Waals surface area contributed by atoms with Crippen molar-refractivity contribution in [2.75, 3.05) is 5.32 Å². The van der Waals surface area contributed by atoms with E-state index in [1.165, 1.54) is 6.20 Å². The van der Waals surface area contributed by atoms with Crippen molar-refractivity contribution in [1.82, 2.24) is 15.3 Å². The van der Waals surface area contributed by atoms with Gasteiger partial charge >= 0.3 is 0 Å². The molecule has 0 spiro atoms. The first kappa shape index (κ1) is 18.2. The van der Waals surface area contributed by atoms with Crippen LogP contribution in [-0.2, 0) is 6.54 Å². The zero-order valence-electron chi connectivity index (χ0n) is 14.0. The van der Waals surface area contributed by atoms with Gasteiger partial charge in [-0.25, -0.2) is 9.97 Å². The Morgan fingerprint density at radius 1 is 1.08 bits per heavy atom. The van der Waals surface area contributed by atoms with Crippen molar-refractivity contribution < 1.29 is 4.79 Å². The average Bonchev–Trinajstić information content (AvgIpc) is 2.59. The molecule has 2 N–H and O–H groups in total. The molecule has 3 aromatic rings. The third-order valence-corrected chi connectivity index (χ3v) is 3.98. The quantitative estimate of drug-likeness (QED) is 0.662. The van der Waals surface area contributed by atoms with Gasteiger partial charge in [-0.05, 0) is 36.8 Å². The zero-order chi connectivity index (χ0) is 18.5. The highest BCUT2D eigenvalue weighted by molar-refractivity contribution is 6.35. The summed E-state index contributed by atoms with van der Waals surface area (Å²) in [6.07, 6.45) is 1.52. The third kappa shape index (κ3) is 4.94. The highest BCUT2D eigenvalue weighted by Gasteiger charge is 2.09. The Hall–Kier alpha value is -2.63. The molecule has 3 rings (SSSR count). The van der Waals surface area contributed by atoms with E-state index in [9.17, 15) is 4.79 Å². The maximum atomic E-state index is 12.3. The minimum atomic E-state index is -0.277. The lowest BCUT2D eigenvalue weighted by molar-refractivity contribution is 0.0946. The summed E-state index contributed by atoms with van der Waals surface area (Å²) in [5, 5.41) is 6.83. The normalized spacial score (nSPS) is 10.4. The van der Waals surface area contributed by atoms with Crippen molar-refractivity contribution in [3.63, 3.8) is 0 Å². The molecule has 0 aliphatic carbocycles. The van der Waals surface area contributed by atoms with Crippen LogP contribution in [-0.4, -0.2) is 15.9 Å². The van der Waals surface area contributed by atoms with Gasteiger partial charge in [0, 0.05) is 28.5 Å². The Balaban J connectivity index is 1.69. The number of amides is 1. The number of halogens is 2. The Morgan fingerprint density at radius 2 is 1.85 bits per heavy atom. The van der Waals surface area contributed by atoms with E-state index in [0.29, 0.717) is 22.3 Å². The van der Waals surface area contributed by atoms with Crippen molar-refractivity contribution in [3.05, 3.63) is 81.6 Å². The minimum absolute atomic E-state index is 0.267. The molecule has 0 unspecified atom stereocenters. The van der Waals surface area contributed by atoms with Crippen LogP contribution in [0, 0.1) is 6.92 Å². The summed E-state index contributed by atoms with van der Waals surface area (Å²) in [6.45, 7) is 2.44. The first-order chi connectivity index (χ1) is 12.5. The minimum Gasteiger partial charge on any atom is -0.347 e. The van der Waals surface area contributed by atoms with E-state index in [0.717, 1.165) is 11.1 Å². The molecule has 132 valence electrons. The first-order valence-electron chi connectivity index (χ1n) is 7.89. The molecule has 1 aromatic heterocycles. The van der Waals surface area contributed by atoms with Gasteiger partial charge in [0.1, 0.15) is 5.69 Å². The maximum Gasteiger partial charge on any atom is 0.270 e. The topological polar surface area (TPSA) is 66.9 Å². The second kappa shape index (κ2) is 8.17. The monoisotopic (exact) mass is 386 g/mol. The van der Waals surface area contributed by atoms with E-state index in [1.54, 1.807) is 24.3 Å². The third-order valence-electron chi connectivity index (χ3n) is 3.54. The van der Waals surface area contributed by atoms with Crippen molar-refractivity contribution in [3.8, 4) is 0 Å². The van der Waals surface area contributed by atoms with Crippen LogP contribution in [0.4, 0.5) is 11.6 Å². The standard InChI is InChI=1S/C19H16Cl2N4O/c1-12-3-2-4-13(7-12)11-23-18(26)17-5-6-22-19(25-17)24-16-9-14(20)8-15(21)10-16/h2-10H,11H2,1H3,(H,23,26)(H,22,24,25). The summed E-state index contributed by atoms with van der Waals surface area (Å²) in [6, 6.07) is 14.5. The van der Waals surface area contributed by atoms with E-state index >= 15 is 0 Å². The molecule has 0 aliphatic heterocycles. The molecule has 1 heterocycles. The van der Waals surface area contributed by atoms with E-state index in [1.807, 2.05) is 31.2 Å². The fraction of sp³-hybridized carbons (Fsp3) is 0.105. The Kier molecular flexibility index (Phi) is 5.71. The van der Waals surface area contributed by atoms with Crippen LogP contribution in [0.25, 0.3) is 0 Å². The Labute approximate surface area is 161 Å². The summed E-state index contributed by atoms with van der Waals surface area (Å²) >= 11 is 12.0. The fourth-order valence-corrected chi connectivity index (χ4v) is 2.92. The van der Waals surface area contributed by atoms with Crippen LogP contribution in [0.15, 0.2) is 54.7 Å². The second-order valence-corrected chi connectivity index (χ2v) is 6.59. The van der Waals surface area contributed by atoms with Crippen LogP contribution in [0.3, 0.4) is 0 Å². The molecule has 0 saturated carbocycles. The predicted octanol–water partition coefficient (Wildman–Crippen LogP) is 4.77. The van der Waals surface area contributed by atoms with Crippen LogP contribution in [0.2, 0.25) is 10.0 Å². The number of hydrogen-bond acceptors (Lipinski definition) is 4. The molecule has 0 atom stereocenters. The molecule has 7 heteroatoms. The SMILES string of the molecule is Cc1cccc(CNC(=O)c2ccnc(Nc3cc(Cl)cc(Cl)c3)n2)c1. The van der Waals surface area contributed by atoms with Gasteiger partial charge in [0.15, 0.2) is 0 Å². The number of anilines is 2. The summed E-state index contributed by atoms with van der Waals surface area (Å²) in [5.41, 5.74) is 3.08. The van der Waals surface area contributed by atoms with Gasteiger partial charge in [0.05, 0.1) is 0 Å². The van der Waals surface area contributed by atoms with Crippen molar-refractivity contribution >= 4 is 40.7 Å². The van der Waals surface area contributed by atoms with Gasteiger partial charge in [-0.1, -0.05) is 53.0 Å². The predicted molar refractivity (Wildman–Crippen MR) is 104 cm³/mol. The lowest BCUT2D eigenvalue weighted by Gasteiger charge is -2.08. The average molecular weight is 387 g/mol. The molecular formula is C19H16Cl2N4O. The van der Waals surface area contributed by atoms with E-state index in [4.69, 9.17) is 23.2 Å². The van der Waals surface area contributed by atoms with Crippen molar-refractivity contribution in [1.29, 1.82) is 0 Å². The van der Waals surface area contributed by atoms with Gasteiger partial charge in [-0.2, -0.15) is 0 Å². The smallest absolute Gasteiger partial charge is 0.270 e. The van der Waals surface area contributed by atoms with Gasteiger partial charge in [-0.15, -0.1) is 0 Å². The Bertz CT molecular complexity index is 926. The molecular weight excluding hydrogens is 371 g/mol. The molecule has 0 bridgehead atoms. The molecule has 2 aromatic carbocycles. The van der Waals surface area contributed by atoms with E-state index in [-0.39, 0.29) is 17.5 Å². The number of nitrogens with zero attached hydrogens (tertiary/aromatic N) is 2. The van der Waals surface area contributed by atoms with Crippen LogP contribution >= 0.6 is 23.2 Å². The lowest BCUT2D eigenvalue weighted by atomic mass is 10.1. The number of carbonyl (C=O) groups is 1. The summed E-state index contributed by atoms with van der Waals surface area (Å²) < 4.78 is 0. The van der Waals surface area contributed by atoms with E-state index < -0.39 is 0 Å². The highest BCUT2D eigenvalue weighted by atomic mass is 35.5. The second-order valence-electron chi connectivity index (χ2n) is 5.72.